The second-order valence-corrected chi connectivity index (χ2v) is 9.08. The molecule has 0 bridgehead atoms. The van der Waals surface area contributed by atoms with Crippen LogP contribution in [0.2, 0.25) is 0 Å². The molecule has 5 unspecified atom stereocenters. The summed E-state index contributed by atoms with van der Waals surface area (Å²) in [5, 5.41) is 6.43. The molecule has 0 aromatic heterocycles. The minimum Gasteiger partial charge on any atom is -0.355 e. The summed E-state index contributed by atoms with van der Waals surface area (Å²) in [6.45, 7) is 2.28. The number of urea groups is 1. The van der Waals surface area contributed by atoms with Gasteiger partial charge in [0.25, 0.3) is 0 Å². The zero-order chi connectivity index (χ0) is 17.1. The van der Waals surface area contributed by atoms with Crippen LogP contribution in [-0.2, 0) is 4.74 Å². The van der Waals surface area contributed by atoms with Crippen molar-refractivity contribution in [3.63, 3.8) is 0 Å². The maximum atomic E-state index is 12.2. The van der Waals surface area contributed by atoms with Gasteiger partial charge in [-0.2, -0.15) is 0 Å². The van der Waals surface area contributed by atoms with E-state index in [4.69, 9.17) is 27.9 Å². The maximum absolute atomic E-state index is 12.2. The standard InChI is InChI=1S/C18H30Cl2N2O2/c1-11-2-5-13(6-3-11)21-18(23)22-17-9-8-16(24-17)14-10-12(19)4-7-15(14)20/h11-17H,2-10H2,1H3,(H2,21,22,23). The van der Waals surface area contributed by atoms with Gasteiger partial charge in [-0.15, -0.1) is 23.2 Å². The van der Waals surface area contributed by atoms with Crippen LogP contribution in [0.25, 0.3) is 0 Å². The van der Waals surface area contributed by atoms with Crippen molar-refractivity contribution in [2.75, 3.05) is 0 Å². The smallest absolute Gasteiger partial charge is 0.317 e. The van der Waals surface area contributed by atoms with Crippen LogP contribution in [0, 0.1) is 11.8 Å². The predicted octanol–water partition coefficient (Wildman–Crippen LogP) is 4.38. The third kappa shape index (κ3) is 4.92. The highest BCUT2D eigenvalue weighted by Crippen LogP contribution is 2.38. The van der Waals surface area contributed by atoms with Crippen molar-refractivity contribution in [1.82, 2.24) is 10.6 Å². The summed E-state index contributed by atoms with van der Waals surface area (Å²) < 4.78 is 6.08. The van der Waals surface area contributed by atoms with E-state index in [-0.39, 0.29) is 29.1 Å². The highest BCUT2D eigenvalue weighted by Gasteiger charge is 2.39. The largest absolute Gasteiger partial charge is 0.355 e. The van der Waals surface area contributed by atoms with Gasteiger partial charge in [0.2, 0.25) is 0 Å². The van der Waals surface area contributed by atoms with E-state index in [0.29, 0.717) is 12.0 Å². The second-order valence-electron chi connectivity index (χ2n) is 7.91. The molecule has 1 saturated heterocycles. The first-order valence-corrected chi connectivity index (χ1v) is 10.4. The molecule has 0 radical (unpaired) electrons. The molecule has 3 aliphatic rings. The van der Waals surface area contributed by atoms with Crippen molar-refractivity contribution < 1.29 is 9.53 Å². The summed E-state index contributed by atoms with van der Waals surface area (Å²) in [4.78, 5) is 12.2. The highest BCUT2D eigenvalue weighted by atomic mass is 35.5. The summed E-state index contributed by atoms with van der Waals surface area (Å²) in [6.07, 6.45) is 9.15. The van der Waals surface area contributed by atoms with Crippen molar-refractivity contribution in [2.24, 2.45) is 11.8 Å². The molecule has 2 N–H and O–H groups in total. The number of amides is 2. The van der Waals surface area contributed by atoms with Gasteiger partial charge < -0.3 is 15.4 Å². The van der Waals surface area contributed by atoms with Gasteiger partial charge in [0.15, 0.2) is 0 Å². The Labute approximate surface area is 155 Å². The monoisotopic (exact) mass is 376 g/mol. The van der Waals surface area contributed by atoms with Crippen LogP contribution < -0.4 is 10.6 Å². The summed E-state index contributed by atoms with van der Waals surface area (Å²) in [5.74, 6) is 1.09. The molecular weight excluding hydrogens is 347 g/mol. The Morgan fingerprint density at radius 3 is 2.46 bits per heavy atom. The number of rotatable bonds is 3. The number of nitrogens with one attached hydrogen (secondary N) is 2. The summed E-state index contributed by atoms with van der Waals surface area (Å²) in [7, 11) is 0. The first kappa shape index (κ1) is 18.6. The van der Waals surface area contributed by atoms with Crippen molar-refractivity contribution in [1.29, 1.82) is 0 Å². The van der Waals surface area contributed by atoms with Gasteiger partial charge in [0, 0.05) is 22.7 Å². The summed E-state index contributed by atoms with van der Waals surface area (Å²) in [6, 6.07) is 0.211. The average molecular weight is 377 g/mol. The van der Waals surface area contributed by atoms with Crippen molar-refractivity contribution >= 4 is 29.2 Å². The molecule has 1 aliphatic heterocycles. The minimum absolute atomic E-state index is 0.0958. The molecule has 0 spiro atoms. The van der Waals surface area contributed by atoms with Crippen LogP contribution in [0.1, 0.15) is 64.7 Å². The Balaban J connectivity index is 1.41. The summed E-state index contributed by atoms with van der Waals surface area (Å²) in [5.41, 5.74) is 0. The molecule has 3 fully saturated rings. The number of carbonyl (C=O) groups is 1. The number of alkyl halides is 2. The molecule has 3 rings (SSSR count). The Morgan fingerprint density at radius 2 is 1.71 bits per heavy atom. The minimum atomic E-state index is -0.197. The number of hydrogen-bond acceptors (Lipinski definition) is 2. The van der Waals surface area contributed by atoms with Crippen molar-refractivity contribution in [3.05, 3.63) is 0 Å². The molecule has 0 aromatic rings. The lowest BCUT2D eigenvalue weighted by atomic mass is 9.83. The quantitative estimate of drug-likeness (QED) is 0.717. The fourth-order valence-electron chi connectivity index (χ4n) is 4.36. The van der Waals surface area contributed by atoms with E-state index in [9.17, 15) is 4.79 Å². The van der Waals surface area contributed by atoms with Crippen LogP contribution in [0.5, 0.6) is 0 Å². The molecule has 6 heteroatoms. The van der Waals surface area contributed by atoms with Gasteiger partial charge in [0.1, 0.15) is 6.23 Å². The Kier molecular flexibility index (Phi) is 6.56. The normalized spacial score (nSPS) is 43.4. The highest BCUT2D eigenvalue weighted by molar-refractivity contribution is 6.22. The van der Waals surface area contributed by atoms with E-state index in [0.717, 1.165) is 50.9 Å². The lowest BCUT2D eigenvalue weighted by molar-refractivity contribution is -0.00693. The lowest BCUT2D eigenvalue weighted by Gasteiger charge is -2.34. The SMILES string of the molecule is CC1CCC(NC(=O)NC2CCC(C3CC(Cl)CCC3Cl)O2)CC1. The van der Waals surface area contributed by atoms with Gasteiger partial charge in [-0.1, -0.05) is 6.92 Å². The van der Waals surface area contributed by atoms with Gasteiger partial charge in [0.05, 0.1) is 6.10 Å². The molecule has 2 saturated carbocycles. The first-order valence-electron chi connectivity index (χ1n) is 9.52. The van der Waals surface area contributed by atoms with E-state index in [1.165, 1.54) is 12.8 Å². The van der Waals surface area contributed by atoms with E-state index >= 15 is 0 Å². The topological polar surface area (TPSA) is 50.4 Å². The van der Waals surface area contributed by atoms with Crippen LogP contribution in [0.15, 0.2) is 0 Å². The maximum Gasteiger partial charge on any atom is 0.317 e. The van der Waals surface area contributed by atoms with Crippen molar-refractivity contribution in [2.45, 2.75) is 93.8 Å². The molecule has 24 heavy (non-hydrogen) atoms. The van der Waals surface area contributed by atoms with Crippen LogP contribution in [0.4, 0.5) is 4.79 Å². The van der Waals surface area contributed by atoms with Gasteiger partial charge in [-0.3, -0.25) is 0 Å². The first-order chi connectivity index (χ1) is 11.5. The average Bonchev–Trinajstić information content (AvgIpc) is 3.00. The van der Waals surface area contributed by atoms with Gasteiger partial charge in [-0.25, -0.2) is 4.79 Å². The zero-order valence-corrected chi connectivity index (χ0v) is 16.0. The molecule has 5 atom stereocenters. The molecule has 1 heterocycles. The zero-order valence-electron chi connectivity index (χ0n) is 14.5. The lowest BCUT2D eigenvalue weighted by Crippen LogP contribution is -2.47. The number of hydrogen-bond donors (Lipinski definition) is 2. The third-order valence-corrected chi connectivity index (χ3v) is 6.86. The number of ether oxygens (including phenoxy) is 1. The van der Waals surface area contributed by atoms with E-state index < -0.39 is 0 Å². The van der Waals surface area contributed by atoms with Crippen molar-refractivity contribution in [3.8, 4) is 0 Å². The molecule has 2 amide bonds. The predicted molar refractivity (Wildman–Crippen MR) is 97.6 cm³/mol. The molecular formula is C18H30Cl2N2O2. The molecule has 2 aliphatic carbocycles. The third-order valence-electron chi connectivity index (χ3n) is 5.92. The number of halogens is 2. The fourth-order valence-corrected chi connectivity index (χ4v) is 5.08. The molecule has 138 valence electrons. The Hall–Kier alpha value is -0.190. The molecule has 4 nitrogen and oxygen atoms in total. The van der Waals surface area contributed by atoms with Gasteiger partial charge >= 0.3 is 6.03 Å². The van der Waals surface area contributed by atoms with E-state index in [1.807, 2.05) is 0 Å². The van der Waals surface area contributed by atoms with Crippen LogP contribution in [0.3, 0.4) is 0 Å². The summed E-state index contributed by atoms with van der Waals surface area (Å²) >= 11 is 12.8. The fraction of sp³-hybridized carbons (Fsp3) is 0.944. The Morgan fingerprint density at radius 1 is 0.958 bits per heavy atom. The molecule has 0 aromatic carbocycles. The Bertz CT molecular complexity index is 429. The van der Waals surface area contributed by atoms with E-state index in [1.54, 1.807) is 0 Å². The van der Waals surface area contributed by atoms with Gasteiger partial charge in [-0.05, 0) is 63.7 Å². The van der Waals surface area contributed by atoms with Crippen LogP contribution in [-0.4, -0.2) is 35.2 Å². The van der Waals surface area contributed by atoms with Crippen LogP contribution >= 0.6 is 23.2 Å². The number of carbonyl (C=O) groups excluding carboxylic acids is 1. The second kappa shape index (κ2) is 8.46. The van der Waals surface area contributed by atoms with E-state index in [2.05, 4.69) is 17.6 Å².